The lowest BCUT2D eigenvalue weighted by Gasteiger charge is -2.29. The minimum atomic E-state index is -1.18. The fourth-order valence-corrected chi connectivity index (χ4v) is 5.18. The van der Waals surface area contributed by atoms with Gasteiger partial charge in [-0.05, 0) is 99.5 Å². The molecule has 0 saturated carbocycles. The third kappa shape index (κ3) is 5.03. The van der Waals surface area contributed by atoms with Crippen molar-refractivity contribution in [1.82, 2.24) is 4.90 Å². The second-order valence-corrected chi connectivity index (χ2v) is 10.9. The van der Waals surface area contributed by atoms with E-state index in [1.165, 1.54) is 6.07 Å². The molecule has 0 saturated heterocycles. The maximum Gasteiger partial charge on any atom is 0.337 e. The van der Waals surface area contributed by atoms with Crippen LogP contribution in [0, 0.1) is 33.5 Å². The molecule has 3 aromatic carbocycles. The molecule has 1 heterocycles. The Labute approximate surface area is 217 Å². The van der Waals surface area contributed by atoms with Crippen molar-refractivity contribution in [1.29, 1.82) is 0 Å². The van der Waals surface area contributed by atoms with Crippen LogP contribution >= 0.6 is 0 Å². The third-order valence-corrected chi connectivity index (χ3v) is 7.10. The number of aryl methyl sites for hydroxylation is 1. The molecule has 3 aromatic rings. The number of carboxylic acids is 1. The molecular formula is C31H34FNO4. The molecule has 1 N–H and O–H groups in total. The van der Waals surface area contributed by atoms with Crippen molar-refractivity contribution < 1.29 is 23.8 Å². The Bertz CT molecular complexity index is 1390. The predicted octanol–water partition coefficient (Wildman–Crippen LogP) is 6.82. The molecule has 1 aliphatic rings. The van der Waals surface area contributed by atoms with Crippen LogP contribution in [0.3, 0.4) is 0 Å². The Morgan fingerprint density at radius 1 is 0.919 bits per heavy atom. The van der Waals surface area contributed by atoms with Crippen LogP contribution in [0.2, 0.25) is 0 Å². The van der Waals surface area contributed by atoms with Crippen molar-refractivity contribution in [2.45, 2.75) is 73.3 Å². The molecule has 4 rings (SSSR count). The molecule has 0 aliphatic carbocycles. The second kappa shape index (κ2) is 9.75. The van der Waals surface area contributed by atoms with Crippen LogP contribution < -0.4 is 0 Å². The van der Waals surface area contributed by atoms with Crippen LogP contribution in [0.5, 0.6) is 0 Å². The smallest absolute Gasteiger partial charge is 0.337 e. The predicted molar refractivity (Wildman–Crippen MR) is 142 cm³/mol. The highest BCUT2D eigenvalue weighted by atomic mass is 19.1. The minimum Gasteiger partial charge on any atom is -0.479 e. The summed E-state index contributed by atoms with van der Waals surface area (Å²) in [4.78, 5) is 27.7. The van der Waals surface area contributed by atoms with E-state index in [1.54, 1.807) is 24.0 Å². The molecule has 0 aromatic heterocycles. The van der Waals surface area contributed by atoms with Crippen molar-refractivity contribution >= 4 is 11.9 Å². The highest BCUT2D eigenvalue weighted by Crippen LogP contribution is 2.44. The van der Waals surface area contributed by atoms with Gasteiger partial charge in [0.1, 0.15) is 5.82 Å². The van der Waals surface area contributed by atoms with E-state index in [1.807, 2.05) is 65.8 Å². The van der Waals surface area contributed by atoms with Crippen molar-refractivity contribution in [3.63, 3.8) is 0 Å². The number of hydrogen-bond donors (Lipinski definition) is 1. The summed E-state index contributed by atoms with van der Waals surface area (Å²) in [6, 6.07) is 12.5. The molecule has 1 aliphatic heterocycles. The van der Waals surface area contributed by atoms with Gasteiger partial charge in [0.05, 0.1) is 5.60 Å². The van der Waals surface area contributed by atoms with Gasteiger partial charge in [-0.25, -0.2) is 9.18 Å². The Kier molecular flexibility index (Phi) is 6.99. The molecule has 194 valence electrons. The molecule has 37 heavy (non-hydrogen) atoms. The molecule has 6 heteroatoms. The van der Waals surface area contributed by atoms with E-state index >= 15 is 0 Å². The number of nitrogens with zero attached hydrogens (tertiary/aromatic N) is 1. The fourth-order valence-electron chi connectivity index (χ4n) is 5.18. The number of amides is 1. The van der Waals surface area contributed by atoms with Gasteiger partial charge >= 0.3 is 5.97 Å². The number of halogens is 1. The largest absolute Gasteiger partial charge is 0.479 e. The van der Waals surface area contributed by atoms with Crippen molar-refractivity contribution in [3.05, 3.63) is 92.8 Å². The number of hydrogen-bond acceptors (Lipinski definition) is 3. The number of fused-ring (bicyclic) bond motifs is 1. The zero-order chi connectivity index (χ0) is 27.2. The summed E-state index contributed by atoms with van der Waals surface area (Å²) < 4.78 is 20.3. The fraction of sp³-hybridized carbons (Fsp3) is 0.355. The number of carbonyl (C=O) groups is 2. The standard InChI is InChI=1S/C31H34FNO4/c1-17-11-13-21(14-12-17)26-19(3)23-15-33(29(34)22-9-8-10-25(32)18(22)2)16-24(23)20(4)27(26)28(30(35)36)37-31(5,6)7/h8-14,28H,15-16H2,1-7H3,(H,35,36). The second-order valence-electron chi connectivity index (χ2n) is 10.9. The van der Waals surface area contributed by atoms with Gasteiger partial charge in [-0.15, -0.1) is 0 Å². The van der Waals surface area contributed by atoms with Crippen LogP contribution in [0.1, 0.15) is 76.2 Å². The average molecular weight is 504 g/mol. The van der Waals surface area contributed by atoms with Crippen LogP contribution in [0.25, 0.3) is 11.1 Å². The van der Waals surface area contributed by atoms with Crippen LogP contribution in [-0.2, 0) is 22.6 Å². The summed E-state index contributed by atoms with van der Waals surface area (Å²) in [6.07, 6.45) is -1.18. The molecule has 5 nitrogen and oxygen atoms in total. The van der Waals surface area contributed by atoms with Gasteiger partial charge in [0.2, 0.25) is 0 Å². The first-order valence-electron chi connectivity index (χ1n) is 12.5. The summed E-state index contributed by atoms with van der Waals surface area (Å²) in [6.45, 7) is 13.7. The highest BCUT2D eigenvalue weighted by Gasteiger charge is 2.36. The van der Waals surface area contributed by atoms with Gasteiger partial charge < -0.3 is 14.7 Å². The molecule has 1 amide bonds. The quantitative estimate of drug-likeness (QED) is 0.415. The lowest BCUT2D eigenvalue weighted by atomic mass is 9.83. The molecular weight excluding hydrogens is 469 g/mol. The van der Waals surface area contributed by atoms with Gasteiger partial charge in [-0.2, -0.15) is 0 Å². The van der Waals surface area contributed by atoms with Gasteiger partial charge in [-0.3, -0.25) is 4.79 Å². The van der Waals surface area contributed by atoms with E-state index in [0.717, 1.165) is 38.9 Å². The first-order chi connectivity index (χ1) is 17.3. The van der Waals surface area contributed by atoms with Crippen molar-refractivity contribution in [3.8, 4) is 11.1 Å². The number of carboxylic acid groups (broad SMARTS) is 1. The third-order valence-electron chi connectivity index (χ3n) is 7.10. The molecule has 0 radical (unpaired) electrons. The van der Waals surface area contributed by atoms with Crippen LogP contribution in [0.4, 0.5) is 4.39 Å². The maximum atomic E-state index is 14.2. The van der Waals surface area contributed by atoms with E-state index in [9.17, 15) is 19.1 Å². The number of benzene rings is 3. The van der Waals surface area contributed by atoms with Gasteiger partial charge in [0.15, 0.2) is 6.10 Å². The summed E-state index contributed by atoms with van der Waals surface area (Å²) in [7, 11) is 0. The van der Waals surface area contributed by atoms with Crippen LogP contribution in [-0.4, -0.2) is 27.5 Å². The van der Waals surface area contributed by atoms with E-state index < -0.39 is 23.5 Å². The SMILES string of the molecule is Cc1ccc(-c2c(C)c3c(c(C)c2C(OC(C)(C)C)C(=O)O)CN(C(=O)c2cccc(F)c2C)C3)cc1. The summed E-state index contributed by atoms with van der Waals surface area (Å²) in [5.74, 6) is -1.72. The number of rotatable bonds is 5. The topological polar surface area (TPSA) is 66.8 Å². The Balaban J connectivity index is 1.90. The molecule has 0 fully saturated rings. The Morgan fingerprint density at radius 2 is 1.51 bits per heavy atom. The van der Waals surface area contributed by atoms with E-state index in [2.05, 4.69) is 0 Å². The monoisotopic (exact) mass is 503 g/mol. The molecule has 1 atom stereocenters. The first kappa shape index (κ1) is 26.6. The maximum absolute atomic E-state index is 14.2. The normalized spacial score (nSPS) is 14.0. The van der Waals surface area contributed by atoms with Gasteiger partial charge in [0, 0.05) is 24.2 Å². The first-order valence-corrected chi connectivity index (χ1v) is 12.5. The van der Waals surface area contributed by atoms with Crippen molar-refractivity contribution in [2.75, 3.05) is 0 Å². The van der Waals surface area contributed by atoms with Crippen molar-refractivity contribution in [2.24, 2.45) is 0 Å². The summed E-state index contributed by atoms with van der Waals surface area (Å²) in [5.41, 5.74) is 7.06. The number of carbonyl (C=O) groups excluding carboxylic acids is 1. The van der Waals surface area contributed by atoms with Gasteiger partial charge in [-0.1, -0.05) is 35.9 Å². The summed E-state index contributed by atoms with van der Waals surface area (Å²) in [5, 5.41) is 10.3. The number of aliphatic carboxylic acids is 1. The van der Waals surface area contributed by atoms with Crippen LogP contribution in [0.15, 0.2) is 42.5 Å². The lowest BCUT2D eigenvalue weighted by Crippen LogP contribution is -2.28. The minimum absolute atomic E-state index is 0.244. The summed E-state index contributed by atoms with van der Waals surface area (Å²) >= 11 is 0. The average Bonchev–Trinajstić information content (AvgIpc) is 3.28. The molecule has 0 spiro atoms. The van der Waals surface area contributed by atoms with E-state index in [-0.39, 0.29) is 5.91 Å². The number of ether oxygens (including phenoxy) is 1. The van der Waals surface area contributed by atoms with E-state index in [0.29, 0.717) is 29.8 Å². The Morgan fingerprint density at radius 3 is 2.08 bits per heavy atom. The molecule has 1 unspecified atom stereocenters. The highest BCUT2D eigenvalue weighted by molar-refractivity contribution is 5.96. The Hall–Kier alpha value is -3.51. The zero-order valence-corrected chi connectivity index (χ0v) is 22.5. The molecule has 0 bridgehead atoms. The van der Waals surface area contributed by atoms with E-state index in [4.69, 9.17) is 4.74 Å². The van der Waals surface area contributed by atoms with Gasteiger partial charge in [0.25, 0.3) is 5.91 Å². The zero-order valence-electron chi connectivity index (χ0n) is 22.5. The lowest BCUT2D eigenvalue weighted by molar-refractivity contribution is -0.160.